The van der Waals surface area contributed by atoms with Crippen molar-refractivity contribution in [3.8, 4) is 5.69 Å². The van der Waals surface area contributed by atoms with Crippen LogP contribution in [-0.2, 0) is 0 Å². The van der Waals surface area contributed by atoms with E-state index in [-0.39, 0.29) is 11.7 Å². The summed E-state index contributed by atoms with van der Waals surface area (Å²) in [6.45, 7) is 4.05. The highest BCUT2D eigenvalue weighted by Crippen LogP contribution is 2.25. The predicted octanol–water partition coefficient (Wildman–Crippen LogP) is 3.95. The number of halogens is 2. The summed E-state index contributed by atoms with van der Waals surface area (Å²) < 4.78 is 16.0. The van der Waals surface area contributed by atoms with Gasteiger partial charge < -0.3 is 0 Å². The van der Waals surface area contributed by atoms with E-state index in [2.05, 4.69) is 26.1 Å². The number of nitrogens with zero attached hydrogens (tertiary/aromatic N) is 2. The second-order valence-corrected chi connectivity index (χ2v) is 5.21. The van der Waals surface area contributed by atoms with Crippen LogP contribution in [0.15, 0.2) is 22.7 Å². The number of hydrogen-bond donors (Lipinski definition) is 1. The third-order valence-corrected chi connectivity index (χ3v) is 3.27. The lowest BCUT2D eigenvalue weighted by Crippen LogP contribution is -2.04. The maximum absolute atomic E-state index is 13.1. The zero-order chi connectivity index (χ0) is 12.6. The van der Waals surface area contributed by atoms with Crippen LogP contribution >= 0.6 is 28.1 Å². The van der Waals surface area contributed by atoms with Gasteiger partial charge in [0.05, 0.1) is 5.69 Å². The molecule has 0 saturated carbocycles. The maximum atomic E-state index is 13.1. The minimum atomic E-state index is -0.290. The van der Waals surface area contributed by atoms with Crippen LogP contribution in [0.1, 0.15) is 25.6 Å². The fraction of sp³-hybridized carbons (Fsp3) is 0.273. The van der Waals surface area contributed by atoms with E-state index in [0.717, 1.165) is 11.5 Å². The molecule has 0 unspecified atom stereocenters. The molecular formula is C11H11BrFN3S. The fourth-order valence-corrected chi connectivity index (χ4v) is 2.36. The molecule has 0 saturated heterocycles. The second-order valence-electron chi connectivity index (χ2n) is 3.97. The highest BCUT2D eigenvalue weighted by atomic mass is 79.9. The normalized spacial score (nSPS) is 11.1. The van der Waals surface area contributed by atoms with Crippen molar-refractivity contribution in [1.29, 1.82) is 0 Å². The molecule has 2 aromatic rings. The zero-order valence-electron chi connectivity index (χ0n) is 9.37. The van der Waals surface area contributed by atoms with Gasteiger partial charge in [-0.25, -0.2) is 4.39 Å². The van der Waals surface area contributed by atoms with Crippen molar-refractivity contribution in [1.82, 2.24) is 14.8 Å². The number of aromatic nitrogens is 3. The van der Waals surface area contributed by atoms with Crippen LogP contribution < -0.4 is 0 Å². The molecule has 17 heavy (non-hydrogen) atoms. The van der Waals surface area contributed by atoms with E-state index in [0.29, 0.717) is 9.24 Å². The molecule has 2 rings (SSSR count). The molecule has 0 fully saturated rings. The molecule has 0 aliphatic rings. The van der Waals surface area contributed by atoms with Crippen molar-refractivity contribution in [2.24, 2.45) is 0 Å². The minimum Gasteiger partial charge on any atom is -0.271 e. The van der Waals surface area contributed by atoms with Crippen LogP contribution in [0, 0.1) is 10.6 Å². The van der Waals surface area contributed by atoms with E-state index in [4.69, 9.17) is 12.2 Å². The monoisotopic (exact) mass is 315 g/mol. The van der Waals surface area contributed by atoms with Gasteiger partial charge in [0.15, 0.2) is 4.77 Å². The number of H-pyrrole nitrogens is 1. The largest absolute Gasteiger partial charge is 0.271 e. The number of benzene rings is 1. The minimum absolute atomic E-state index is 0.222. The van der Waals surface area contributed by atoms with Crippen LogP contribution in [-0.4, -0.2) is 14.8 Å². The molecule has 0 radical (unpaired) electrons. The Morgan fingerprint density at radius 1 is 1.47 bits per heavy atom. The van der Waals surface area contributed by atoms with Gasteiger partial charge in [-0.3, -0.25) is 9.67 Å². The average molecular weight is 316 g/mol. The number of aromatic amines is 1. The van der Waals surface area contributed by atoms with Crippen molar-refractivity contribution < 1.29 is 4.39 Å². The lowest BCUT2D eigenvalue weighted by Gasteiger charge is -2.10. The van der Waals surface area contributed by atoms with Gasteiger partial charge in [-0.15, -0.1) is 0 Å². The molecule has 0 bridgehead atoms. The van der Waals surface area contributed by atoms with Gasteiger partial charge >= 0.3 is 0 Å². The van der Waals surface area contributed by atoms with Gasteiger partial charge in [0.2, 0.25) is 0 Å². The predicted molar refractivity (Wildman–Crippen MR) is 70.5 cm³/mol. The first-order chi connectivity index (χ1) is 8.00. The first-order valence-corrected chi connectivity index (χ1v) is 6.33. The van der Waals surface area contributed by atoms with Crippen LogP contribution in [0.5, 0.6) is 0 Å². The Hall–Kier alpha value is -1.01. The zero-order valence-corrected chi connectivity index (χ0v) is 11.8. The van der Waals surface area contributed by atoms with Crippen molar-refractivity contribution >= 4 is 28.1 Å². The summed E-state index contributed by atoms with van der Waals surface area (Å²) >= 11 is 8.53. The smallest absolute Gasteiger partial charge is 0.199 e. The third-order valence-electron chi connectivity index (χ3n) is 2.37. The van der Waals surface area contributed by atoms with E-state index in [1.165, 1.54) is 12.1 Å². The van der Waals surface area contributed by atoms with Gasteiger partial charge in [0, 0.05) is 10.4 Å². The molecule has 0 spiro atoms. The molecular weight excluding hydrogens is 305 g/mol. The highest BCUT2D eigenvalue weighted by molar-refractivity contribution is 9.10. The third kappa shape index (κ3) is 2.32. The van der Waals surface area contributed by atoms with Gasteiger partial charge in [0.1, 0.15) is 11.6 Å². The summed E-state index contributed by atoms with van der Waals surface area (Å²) in [7, 11) is 0. The molecule has 0 amide bonds. The fourth-order valence-electron chi connectivity index (χ4n) is 1.59. The Bertz CT molecular complexity index is 603. The summed E-state index contributed by atoms with van der Waals surface area (Å²) in [6.07, 6.45) is 0. The Morgan fingerprint density at radius 2 is 2.18 bits per heavy atom. The van der Waals surface area contributed by atoms with Crippen molar-refractivity contribution in [2.45, 2.75) is 19.8 Å². The summed E-state index contributed by atoms with van der Waals surface area (Å²) in [5.74, 6) is 0.754. The van der Waals surface area contributed by atoms with Crippen LogP contribution in [0.4, 0.5) is 4.39 Å². The number of nitrogens with one attached hydrogen (secondary N) is 1. The summed E-state index contributed by atoms with van der Waals surface area (Å²) in [4.78, 5) is 0. The second kappa shape index (κ2) is 4.70. The molecule has 6 heteroatoms. The molecule has 90 valence electrons. The van der Waals surface area contributed by atoms with E-state index in [1.54, 1.807) is 6.07 Å². The van der Waals surface area contributed by atoms with Crippen molar-refractivity contribution in [2.75, 3.05) is 0 Å². The summed E-state index contributed by atoms with van der Waals surface area (Å²) in [5, 5.41) is 6.95. The standard InChI is InChI=1S/C11H11BrFN3S/c1-6(2)10-14-15-11(17)16(10)9-4-3-7(13)5-8(9)12/h3-6H,1-2H3,(H,15,17). The first-order valence-electron chi connectivity index (χ1n) is 5.13. The summed E-state index contributed by atoms with van der Waals surface area (Å²) in [5.41, 5.74) is 0.786. The van der Waals surface area contributed by atoms with Gasteiger partial charge in [-0.05, 0) is 46.3 Å². The molecule has 0 atom stereocenters. The quantitative estimate of drug-likeness (QED) is 0.851. The van der Waals surface area contributed by atoms with E-state index in [9.17, 15) is 4.39 Å². The lowest BCUT2D eigenvalue weighted by atomic mass is 10.2. The Morgan fingerprint density at radius 3 is 2.76 bits per heavy atom. The molecule has 1 aromatic carbocycles. The Kier molecular flexibility index (Phi) is 3.44. The van der Waals surface area contributed by atoms with E-state index >= 15 is 0 Å². The molecule has 1 N–H and O–H groups in total. The molecule has 3 nitrogen and oxygen atoms in total. The van der Waals surface area contributed by atoms with Gasteiger partial charge in [-0.1, -0.05) is 13.8 Å². The van der Waals surface area contributed by atoms with Crippen LogP contribution in [0.2, 0.25) is 0 Å². The lowest BCUT2D eigenvalue weighted by molar-refractivity contribution is 0.626. The Balaban J connectivity index is 2.68. The van der Waals surface area contributed by atoms with Gasteiger partial charge in [-0.2, -0.15) is 5.10 Å². The Labute approximate surface area is 112 Å². The van der Waals surface area contributed by atoms with E-state index in [1.807, 2.05) is 18.4 Å². The number of rotatable bonds is 2. The average Bonchev–Trinajstić information content (AvgIpc) is 2.60. The van der Waals surface area contributed by atoms with Crippen LogP contribution in [0.25, 0.3) is 5.69 Å². The molecule has 1 heterocycles. The van der Waals surface area contributed by atoms with E-state index < -0.39 is 0 Å². The van der Waals surface area contributed by atoms with Crippen molar-refractivity contribution in [3.05, 3.63) is 39.1 Å². The topological polar surface area (TPSA) is 33.6 Å². The molecule has 0 aliphatic heterocycles. The van der Waals surface area contributed by atoms with Gasteiger partial charge in [0.25, 0.3) is 0 Å². The maximum Gasteiger partial charge on any atom is 0.199 e. The van der Waals surface area contributed by atoms with Crippen LogP contribution in [0.3, 0.4) is 0 Å². The molecule has 1 aromatic heterocycles. The number of hydrogen-bond acceptors (Lipinski definition) is 2. The summed E-state index contributed by atoms with van der Waals surface area (Å²) in [6, 6.07) is 4.49. The first kappa shape index (κ1) is 12.4. The highest BCUT2D eigenvalue weighted by Gasteiger charge is 2.14. The SMILES string of the molecule is CC(C)c1n[nH]c(=S)n1-c1ccc(F)cc1Br. The molecule has 0 aliphatic carbocycles. The van der Waals surface area contributed by atoms with Crippen molar-refractivity contribution in [3.63, 3.8) is 0 Å².